The molecule has 0 unspecified atom stereocenters. The summed E-state index contributed by atoms with van der Waals surface area (Å²) in [7, 11) is 0. The minimum absolute atomic E-state index is 0.256. The van der Waals surface area contributed by atoms with E-state index in [0.717, 1.165) is 23.5 Å². The number of esters is 2. The van der Waals surface area contributed by atoms with E-state index in [1.807, 2.05) is 18.7 Å². The Morgan fingerprint density at radius 1 is 1.00 bits per heavy atom. The average molecular weight is 408 g/mol. The Balaban J connectivity index is 2.62. The maximum Gasteiger partial charge on any atom is 0.339 e. The minimum Gasteiger partial charge on any atom is -0.462 e. The Morgan fingerprint density at radius 2 is 1.44 bits per heavy atom. The third-order valence-corrected chi connectivity index (χ3v) is 4.69. The van der Waals surface area contributed by atoms with Crippen LogP contribution in [0.5, 0.6) is 0 Å². The molecular formula is C19H22BrNO4. The molecule has 0 saturated heterocycles. The number of carbonyl (C=O) groups is 2. The molecule has 0 aromatic heterocycles. The van der Waals surface area contributed by atoms with E-state index in [1.54, 1.807) is 26.0 Å². The summed E-state index contributed by atoms with van der Waals surface area (Å²) < 4.78 is 10.6. The van der Waals surface area contributed by atoms with Crippen molar-refractivity contribution in [2.45, 2.75) is 34.1 Å². The molecule has 0 amide bonds. The zero-order valence-corrected chi connectivity index (χ0v) is 16.5. The molecule has 134 valence electrons. The normalized spacial score (nSPS) is 13.9. The Kier molecular flexibility index (Phi) is 6.42. The van der Waals surface area contributed by atoms with E-state index in [2.05, 4.69) is 28.1 Å². The van der Waals surface area contributed by atoms with Gasteiger partial charge in [-0.3, -0.25) is 0 Å². The highest BCUT2D eigenvalue weighted by Gasteiger charge is 2.24. The van der Waals surface area contributed by atoms with Gasteiger partial charge in [0.05, 0.1) is 24.3 Å². The molecule has 5 nitrogen and oxygen atoms in total. The molecule has 25 heavy (non-hydrogen) atoms. The molecule has 1 aromatic rings. The van der Waals surface area contributed by atoms with Crippen molar-refractivity contribution in [3.05, 3.63) is 51.3 Å². The van der Waals surface area contributed by atoms with Crippen LogP contribution in [0, 0.1) is 0 Å². The topological polar surface area (TPSA) is 55.8 Å². The van der Waals surface area contributed by atoms with Crippen molar-refractivity contribution in [1.29, 1.82) is 0 Å². The maximum absolute atomic E-state index is 12.3. The van der Waals surface area contributed by atoms with Crippen molar-refractivity contribution in [2.24, 2.45) is 0 Å². The summed E-state index contributed by atoms with van der Waals surface area (Å²) in [6.07, 6.45) is 5.03. The first-order valence-corrected chi connectivity index (χ1v) is 9.01. The fourth-order valence-corrected chi connectivity index (χ4v) is 3.27. The first-order valence-electron chi connectivity index (χ1n) is 8.22. The van der Waals surface area contributed by atoms with E-state index in [4.69, 9.17) is 9.47 Å². The van der Waals surface area contributed by atoms with E-state index in [0.29, 0.717) is 15.6 Å². The lowest BCUT2D eigenvalue weighted by Crippen LogP contribution is -2.22. The molecule has 0 fully saturated rings. The third kappa shape index (κ3) is 4.12. The second kappa shape index (κ2) is 8.34. The van der Waals surface area contributed by atoms with Gasteiger partial charge in [-0.25, -0.2) is 9.59 Å². The molecule has 0 bridgehead atoms. The van der Waals surface area contributed by atoms with Crippen LogP contribution in [0.1, 0.15) is 54.8 Å². The number of hydrogen-bond acceptors (Lipinski definition) is 5. The lowest BCUT2D eigenvalue weighted by molar-refractivity contribution is 0.0523. The van der Waals surface area contributed by atoms with Crippen LogP contribution in [-0.4, -0.2) is 25.2 Å². The predicted molar refractivity (Wildman–Crippen MR) is 101 cm³/mol. The van der Waals surface area contributed by atoms with E-state index in [9.17, 15) is 9.59 Å². The first kappa shape index (κ1) is 19.2. The van der Waals surface area contributed by atoms with Crippen LogP contribution >= 0.6 is 15.9 Å². The van der Waals surface area contributed by atoms with Crippen LogP contribution in [0.3, 0.4) is 0 Å². The number of carbonyl (C=O) groups excluding carboxylic acids is 2. The molecule has 2 rings (SSSR count). The smallest absolute Gasteiger partial charge is 0.339 e. The zero-order valence-electron chi connectivity index (χ0n) is 14.9. The van der Waals surface area contributed by atoms with Gasteiger partial charge in [0.15, 0.2) is 0 Å². The van der Waals surface area contributed by atoms with Gasteiger partial charge in [-0.2, -0.15) is 0 Å². The summed E-state index contributed by atoms with van der Waals surface area (Å²) >= 11 is 3.36. The number of benzene rings is 1. The summed E-state index contributed by atoms with van der Waals surface area (Å²) in [4.78, 5) is 26.7. The largest absolute Gasteiger partial charge is 0.462 e. The summed E-state index contributed by atoms with van der Waals surface area (Å²) in [6, 6.07) is 3.45. The van der Waals surface area contributed by atoms with Crippen molar-refractivity contribution in [3.63, 3.8) is 0 Å². The van der Waals surface area contributed by atoms with Crippen LogP contribution < -0.4 is 4.90 Å². The second-order valence-corrected chi connectivity index (χ2v) is 6.35. The van der Waals surface area contributed by atoms with Crippen molar-refractivity contribution in [1.82, 2.24) is 0 Å². The van der Waals surface area contributed by atoms with Crippen LogP contribution in [0.25, 0.3) is 0 Å². The van der Waals surface area contributed by atoms with E-state index in [-0.39, 0.29) is 13.2 Å². The van der Waals surface area contributed by atoms with Crippen LogP contribution in [0.2, 0.25) is 0 Å². The number of hydrogen-bond donors (Lipinski definition) is 0. The molecule has 1 heterocycles. The molecule has 0 radical (unpaired) electrons. The van der Waals surface area contributed by atoms with Crippen molar-refractivity contribution < 1.29 is 19.1 Å². The zero-order chi connectivity index (χ0) is 18.6. The number of allylic oxidation sites excluding steroid dienone is 4. The lowest BCUT2D eigenvalue weighted by atomic mass is 10.1. The van der Waals surface area contributed by atoms with Crippen LogP contribution in [0.15, 0.2) is 40.2 Å². The summed E-state index contributed by atoms with van der Waals surface area (Å²) in [5.41, 5.74) is 3.39. The lowest BCUT2D eigenvalue weighted by Gasteiger charge is -2.30. The Bertz CT molecular complexity index is 695. The molecule has 6 heteroatoms. The molecule has 0 saturated carbocycles. The average Bonchev–Trinajstić information content (AvgIpc) is 2.56. The van der Waals surface area contributed by atoms with Gasteiger partial charge < -0.3 is 14.4 Å². The Labute approximate surface area is 156 Å². The van der Waals surface area contributed by atoms with Crippen molar-refractivity contribution in [2.75, 3.05) is 18.1 Å². The molecular weight excluding hydrogens is 386 g/mol. The van der Waals surface area contributed by atoms with Crippen molar-refractivity contribution >= 4 is 33.6 Å². The van der Waals surface area contributed by atoms with Crippen molar-refractivity contribution in [3.8, 4) is 0 Å². The monoisotopic (exact) mass is 407 g/mol. The number of anilines is 1. The first-order chi connectivity index (χ1) is 11.9. The highest BCUT2D eigenvalue weighted by Crippen LogP contribution is 2.34. The van der Waals surface area contributed by atoms with Gasteiger partial charge in [-0.1, -0.05) is 12.2 Å². The van der Waals surface area contributed by atoms with Gasteiger partial charge in [-0.05, 0) is 62.2 Å². The number of rotatable bonds is 5. The van der Waals surface area contributed by atoms with Gasteiger partial charge in [0, 0.05) is 21.6 Å². The summed E-state index contributed by atoms with van der Waals surface area (Å²) in [6.45, 7) is 7.98. The third-order valence-electron chi connectivity index (χ3n) is 3.84. The minimum atomic E-state index is -0.484. The van der Waals surface area contributed by atoms with E-state index >= 15 is 0 Å². The van der Waals surface area contributed by atoms with E-state index < -0.39 is 11.9 Å². The molecule has 1 aliphatic heterocycles. The predicted octanol–water partition coefficient (Wildman–Crippen LogP) is 4.82. The fourth-order valence-electron chi connectivity index (χ4n) is 2.72. The molecule has 0 atom stereocenters. The number of ether oxygens (including phenoxy) is 2. The highest BCUT2D eigenvalue weighted by atomic mass is 79.9. The molecule has 1 aromatic carbocycles. The second-order valence-electron chi connectivity index (χ2n) is 5.56. The number of halogens is 1. The Hall–Kier alpha value is -2.08. The molecule has 0 spiro atoms. The molecule has 0 aliphatic carbocycles. The van der Waals surface area contributed by atoms with Gasteiger partial charge in [0.25, 0.3) is 0 Å². The molecule has 1 aliphatic rings. The highest BCUT2D eigenvalue weighted by molar-refractivity contribution is 9.10. The van der Waals surface area contributed by atoms with E-state index in [1.165, 1.54) is 0 Å². The van der Waals surface area contributed by atoms with Crippen LogP contribution in [0.4, 0.5) is 5.69 Å². The SMILES string of the molecule is CCOC(=O)c1cc(N2C(C)=CCC=C2C)cc(C(=O)OCC)c1Br. The van der Waals surface area contributed by atoms with Gasteiger partial charge in [0.1, 0.15) is 0 Å². The summed E-state index contributed by atoms with van der Waals surface area (Å²) in [5, 5.41) is 0. The maximum atomic E-state index is 12.3. The quantitative estimate of drug-likeness (QED) is 0.654. The number of nitrogens with zero attached hydrogens (tertiary/aromatic N) is 1. The summed E-state index contributed by atoms with van der Waals surface area (Å²) in [5.74, 6) is -0.968. The van der Waals surface area contributed by atoms with Gasteiger partial charge in [0.2, 0.25) is 0 Å². The standard InChI is InChI=1S/C19H22BrNO4/c1-5-24-18(22)15-10-14(21-12(3)8-7-9-13(21)4)11-16(17(15)20)19(23)25-6-2/h8-11H,5-7H2,1-4H3. The van der Waals surface area contributed by atoms with Gasteiger partial charge >= 0.3 is 11.9 Å². The fraction of sp³-hybridized carbons (Fsp3) is 0.368. The Morgan fingerprint density at radius 3 is 1.84 bits per heavy atom. The molecule has 0 N–H and O–H groups in total. The van der Waals surface area contributed by atoms with Crippen LogP contribution in [-0.2, 0) is 9.47 Å². The van der Waals surface area contributed by atoms with Gasteiger partial charge in [-0.15, -0.1) is 0 Å².